The number of rotatable bonds is 6. The third-order valence-corrected chi connectivity index (χ3v) is 3.61. The third-order valence-electron chi connectivity index (χ3n) is 3.61. The molecule has 25 heavy (non-hydrogen) atoms. The van der Waals surface area contributed by atoms with E-state index in [0.29, 0.717) is 22.7 Å². The average Bonchev–Trinajstić information content (AvgIpc) is 2.86. The lowest BCUT2D eigenvalue weighted by Gasteiger charge is -2.14. The standard InChI is InChI=1S/C18H22F3N3O/c1-7-14(18(19,20)21)16(23-6)10-11(2)8-9-15(22-5)17-12(3)24-25-13(17)4/h7-9H,5,10H2,1-4,6H3/b11-8+,14-7+,15-9-,23-16?. The largest absolute Gasteiger partial charge is 0.417 e. The van der Waals surface area contributed by atoms with Crippen molar-refractivity contribution in [2.24, 2.45) is 9.98 Å². The fraction of sp³-hybridized carbons (Fsp3) is 0.389. The lowest BCUT2D eigenvalue weighted by atomic mass is 10.0. The maximum Gasteiger partial charge on any atom is 0.417 e. The number of nitrogens with zero attached hydrogens (tertiary/aromatic N) is 3. The molecule has 0 aromatic carbocycles. The summed E-state index contributed by atoms with van der Waals surface area (Å²) in [5.41, 5.74) is 1.92. The molecule has 0 aliphatic heterocycles. The molecule has 0 aliphatic carbocycles. The highest BCUT2D eigenvalue weighted by Crippen LogP contribution is 2.29. The Morgan fingerprint density at radius 3 is 2.32 bits per heavy atom. The second kappa shape index (κ2) is 8.60. The zero-order chi connectivity index (χ0) is 19.2. The van der Waals surface area contributed by atoms with Crippen molar-refractivity contribution in [1.29, 1.82) is 0 Å². The van der Waals surface area contributed by atoms with Crippen molar-refractivity contribution in [3.05, 3.63) is 46.4 Å². The van der Waals surface area contributed by atoms with Crippen LogP contribution in [-0.4, -0.2) is 30.8 Å². The van der Waals surface area contributed by atoms with Crippen LogP contribution in [0.1, 0.15) is 37.3 Å². The summed E-state index contributed by atoms with van der Waals surface area (Å²) in [6.07, 6.45) is 0.0737. The van der Waals surface area contributed by atoms with E-state index in [0.717, 1.165) is 11.6 Å². The number of aliphatic imine (C=N–C) groups is 2. The molecule has 0 N–H and O–H groups in total. The van der Waals surface area contributed by atoms with Crippen LogP contribution in [0, 0.1) is 13.8 Å². The molecule has 4 nitrogen and oxygen atoms in total. The van der Waals surface area contributed by atoms with Crippen LogP contribution >= 0.6 is 0 Å². The number of aromatic nitrogens is 1. The first-order valence-corrected chi connectivity index (χ1v) is 7.62. The Morgan fingerprint density at radius 1 is 1.28 bits per heavy atom. The average molecular weight is 353 g/mol. The second-order valence-corrected chi connectivity index (χ2v) is 5.47. The van der Waals surface area contributed by atoms with Gasteiger partial charge in [0.1, 0.15) is 5.76 Å². The van der Waals surface area contributed by atoms with Gasteiger partial charge in [0.2, 0.25) is 0 Å². The molecule has 7 heteroatoms. The molecule has 136 valence electrons. The van der Waals surface area contributed by atoms with Gasteiger partial charge in [-0.15, -0.1) is 0 Å². The number of allylic oxidation sites excluding steroid dienone is 5. The van der Waals surface area contributed by atoms with E-state index in [1.54, 1.807) is 32.9 Å². The van der Waals surface area contributed by atoms with E-state index in [4.69, 9.17) is 4.52 Å². The van der Waals surface area contributed by atoms with Crippen molar-refractivity contribution < 1.29 is 17.7 Å². The fourth-order valence-corrected chi connectivity index (χ4v) is 2.40. The van der Waals surface area contributed by atoms with Crippen molar-refractivity contribution in [2.75, 3.05) is 7.05 Å². The first-order chi connectivity index (χ1) is 11.6. The Hall–Kier alpha value is -2.44. The Kier molecular flexibility index (Phi) is 7.09. The molecule has 0 amide bonds. The molecule has 0 atom stereocenters. The minimum atomic E-state index is -4.43. The van der Waals surface area contributed by atoms with Crippen molar-refractivity contribution in [3.8, 4) is 0 Å². The predicted molar refractivity (Wildman–Crippen MR) is 95.0 cm³/mol. The number of halogens is 3. The molecule has 0 saturated carbocycles. The van der Waals surface area contributed by atoms with E-state index in [1.165, 1.54) is 14.0 Å². The van der Waals surface area contributed by atoms with Crippen molar-refractivity contribution in [2.45, 2.75) is 40.3 Å². The van der Waals surface area contributed by atoms with Gasteiger partial charge in [-0.25, -0.2) is 0 Å². The Bertz CT molecular complexity index is 731. The zero-order valence-corrected chi connectivity index (χ0v) is 15.0. The van der Waals surface area contributed by atoms with Gasteiger partial charge in [-0.3, -0.25) is 9.98 Å². The van der Waals surface area contributed by atoms with Gasteiger partial charge in [-0.05, 0) is 40.5 Å². The van der Waals surface area contributed by atoms with Crippen LogP contribution in [0.5, 0.6) is 0 Å². The molecule has 0 fully saturated rings. The molecule has 1 heterocycles. The molecule has 1 aromatic heterocycles. The maximum atomic E-state index is 13.0. The summed E-state index contributed by atoms with van der Waals surface area (Å²) in [6.45, 7) is 10.2. The van der Waals surface area contributed by atoms with Gasteiger partial charge >= 0.3 is 6.18 Å². The minimum absolute atomic E-state index is 0.0115. The van der Waals surface area contributed by atoms with E-state index in [-0.39, 0.29) is 12.1 Å². The first-order valence-electron chi connectivity index (χ1n) is 7.62. The van der Waals surface area contributed by atoms with Crippen LogP contribution in [0.15, 0.2) is 43.9 Å². The highest BCUT2D eigenvalue weighted by Gasteiger charge is 2.35. The van der Waals surface area contributed by atoms with Crippen LogP contribution in [-0.2, 0) is 0 Å². The molecule has 0 aliphatic rings. The molecular weight excluding hydrogens is 331 g/mol. The predicted octanol–water partition coefficient (Wildman–Crippen LogP) is 5.25. The molecule has 0 bridgehead atoms. The summed E-state index contributed by atoms with van der Waals surface area (Å²) in [4.78, 5) is 7.76. The molecule has 0 saturated heterocycles. The van der Waals surface area contributed by atoms with Crippen molar-refractivity contribution in [1.82, 2.24) is 5.16 Å². The molecule has 0 unspecified atom stereocenters. The minimum Gasteiger partial charge on any atom is -0.361 e. The Labute approximate surface area is 145 Å². The zero-order valence-electron chi connectivity index (χ0n) is 15.0. The van der Waals surface area contributed by atoms with E-state index in [1.807, 2.05) is 0 Å². The van der Waals surface area contributed by atoms with Crippen molar-refractivity contribution in [3.63, 3.8) is 0 Å². The van der Waals surface area contributed by atoms with Crippen molar-refractivity contribution >= 4 is 18.1 Å². The van der Waals surface area contributed by atoms with E-state index in [9.17, 15) is 13.2 Å². The van der Waals surface area contributed by atoms with Gasteiger partial charge in [0.25, 0.3) is 0 Å². The summed E-state index contributed by atoms with van der Waals surface area (Å²) < 4.78 is 44.2. The number of aryl methyl sites for hydroxylation is 2. The monoisotopic (exact) mass is 353 g/mol. The summed E-state index contributed by atoms with van der Waals surface area (Å²) in [5, 5.41) is 3.86. The molecule has 0 radical (unpaired) electrons. The van der Waals surface area contributed by atoms with Crippen LogP contribution in [0.3, 0.4) is 0 Å². The van der Waals surface area contributed by atoms with E-state index >= 15 is 0 Å². The number of hydrogen-bond donors (Lipinski definition) is 0. The molecule has 0 spiro atoms. The quantitative estimate of drug-likeness (QED) is 0.518. The Balaban J connectivity index is 3.10. The van der Waals surface area contributed by atoms with Gasteiger partial charge in [0.15, 0.2) is 0 Å². The molecule has 1 aromatic rings. The van der Waals surface area contributed by atoms with Gasteiger partial charge in [0, 0.05) is 13.5 Å². The topological polar surface area (TPSA) is 50.8 Å². The van der Waals surface area contributed by atoms with E-state index in [2.05, 4.69) is 21.9 Å². The summed E-state index contributed by atoms with van der Waals surface area (Å²) >= 11 is 0. The summed E-state index contributed by atoms with van der Waals surface area (Å²) in [7, 11) is 1.36. The summed E-state index contributed by atoms with van der Waals surface area (Å²) in [5.74, 6) is 0.603. The van der Waals surface area contributed by atoms with Crippen LogP contribution in [0.2, 0.25) is 0 Å². The van der Waals surface area contributed by atoms with Gasteiger partial charge in [-0.2, -0.15) is 13.2 Å². The first kappa shape index (κ1) is 20.6. The highest BCUT2D eigenvalue weighted by molar-refractivity contribution is 6.02. The lowest BCUT2D eigenvalue weighted by Crippen LogP contribution is -2.20. The smallest absolute Gasteiger partial charge is 0.361 e. The van der Waals surface area contributed by atoms with E-state index < -0.39 is 11.7 Å². The SMILES string of the molecule is C=N/C(=C\C=C(/C)CC(=NC)/C(=C\C)C(F)(F)F)c1c(C)noc1C. The second-order valence-electron chi connectivity index (χ2n) is 5.47. The molecule has 1 rings (SSSR count). The van der Waals surface area contributed by atoms with Crippen LogP contribution < -0.4 is 0 Å². The van der Waals surface area contributed by atoms with Crippen LogP contribution in [0.25, 0.3) is 5.70 Å². The normalized spacial score (nSPS) is 14.9. The fourth-order valence-electron chi connectivity index (χ4n) is 2.40. The molecular formula is C18H22F3N3O. The van der Waals surface area contributed by atoms with Gasteiger partial charge in [-0.1, -0.05) is 22.9 Å². The lowest BCUT2D eigenvalue weighted by molar-refractivity contribution is -0.0863. The number of hydrogen-bond acceptors (Lipinski definition) is 4. The van der Waals surface area contributed by atoms with Gasteiger partial charge < -0.3 is 4.52 Å². The van der Waals surface area contributed by atoms with Crippen LogP contribution in [0.4, 0.5) is 13.2 Å². The highest BCUT2D eigenvalue weighted by atomic mass is 19.4. The number of alkyl halides is 3. The third kappa shape index (κ3) is 5.27. The van der Waals surface area contributed by atoms with Gasteiger partial charge in [0.05, 0.1) is 28.2 Å². The maximum absolute atomic E-state index is 13.0. The summed E-state index contributed by atoms with van der Waals surface area (Å²) in [6, 6.07) is 0. The Morgan fingerprint density at radius 2 is 1.92 bits per heavy atom.